The molecule has 0 spiro atoms. The van der Waals surface area contributed by atoms with Crippen molar-refractivity contribution in [3.63, 3.8) is 0 Å². The highest BCUT2D eigenvalue weighted by Gasteiger charge is 2.22. The van der Waals surface area contributed by atoms with Crippen LogP contribution in [0.3, 0.4) is 0 Å². The quantitative estimate of drug-likeness (QED) is 0.838. The Labute approximate surface area is 121 Å². The number of nitrogens with zero attached hydrogens (tertiary/aromatic N) is 1. The number of Topliss-reactive ketones (excluding diaryl/α,β-unsaturated/α-hetero) is 1. The van der Waals surface area contributed by atoms with E-state index in [9.17, 15) is 4.79 Å². The van der Waals surface area contributed by atoms with E-state index in [0.29, 0.717) is 11.0 Å². The van der Waals surface area contributed by atoms with Crippen LogP contribution in [0.2, 0.25) is 0 Å². The summed E-state index contributed by atoms with van der Waals surface area (Å²) in [6.45, 7) is 5.84. The lowest BCUT2D eigenvalue weighted by Crippen LogP contribution is -2.44. The second-order valence-electron chi connectivity index (χ2n) is 5.16. The number of ketones is 1. The van der Waals surface area contributed by atoms with Crippen molar-refractivity contribution in [1.82, 2.24) is 4.90 Å². The third-order valence-corrected chi connectivity index (χ3v) is 3.37. The first kappa shape index (κ1) is 15.6. The van der Waals surface area contributed by atoms with E-state index < -0.39 is 0 Å². The Morgan fingerprint density at radius 1 is 1.32 bits per heavy atom. The summed E-state index contributed by atoms with van der Waals surface area (Å²) in [4.78, 5) is 13.6. The highest BCUT2D eigenvalue weighted by molar-refractivity contribution is 7.80. The van der Waals surface area contributed by atoms with Crippen LogP contribution in [0.15, 0.2) is 30.3 Å². The summed E-state index contributed by atoms with van der Waals surface area (Å²) in [7, 11) is 1.87. The zero-order valence-corrected chi connectivity index (χ0v) is 12.8. The number of carbonyl (C=O) groups is 1. The molecule has 0 aliphatic heterocycles. The molecule has 0 saturated heterocycles. The van der Waals surface area contributed by atoms with E-state index >= 15 is 0 Å². The molecule has 1 atom stereocenters. The normalized spacial score (nSPS) is 12.1. The first-order chi connectivity index (χ1) is 8.91. The molecule has 0 unspecified atom stereocenters. The fourth-order valence-electron chi connectivity index (χ4n) is 1.92. The number of hydrogen-bond acceptors (Lipinski definition) is 2. The van der Waals surface area contributed by atoms with Gasteiger partial charge in [0.25, 0.3) is 0 Å². The maximum absolute atomic E-state index is 11.7. The number of para-hydroxylation sites is 1. The van der Waals surface area contributed by atoms with Crippen LogP contribution in [0.5, 0.6) is 0 Å². The van der Waals surface area contributed by atoms with Crippen LogP contribution in [0.25, 0.3) is 0 Å². The van der Waals surface area contributed by atoms with Crippen LogP contribution in [0, 0.1) is 5.92 Å². The Bertz CT molecular complexity index is 431. The number of carbonyl (C=O) groups excluding carboxylic acids is 1. The second kappa shape index (κ2) is 7.24. The molecular formula is C15H22N2OS. The number of nitrogens with one attached hydrogen (secondary N) is 1. The molecule has 104 valence electrons. The minimum Gasteiger partial charge on any atom is -0.342 e. The SMILES string of the molecule is CC(=O)[C@@H](CC(C)C)N(C)C(=S)Nc1ccccc1. The molecule has 0 fully saturated rings. The summed E-state index contributed by atoms with van der Waals surface area (Å²) in [5.74, 6) is 0.601. The molecule has 1 rings (SSSR count). The van der Waals surface area contributed by atoms with Gasteiger partial charge in [-0.15, -0.1) is 0 Å². The van der Waals surface area contributed by atoms with E-state index in [1.54, 1.807) is 6.92 Å². The summed E-state index contributed by atoms with van der Waals surface area (Å²) in [6, 6.07) is 9.58. The molecule has 0 aromatic heterocycles. The Morgan fingerprint density at radius 2 is 1.89 bits per heavy atom. The van der Waals surface area contributed by atoms with Crippen molar-refractivity contribution in [2.24, 2.45) is 5.92 Å². The predicted molar refractivity (Wildman–Crippen MR) is 84.3 cm³/mol. The lowest BCUT2D eigenvalue weighted by atomic mass is 10.00. The number of hydrogen-bond donors (Lipinski definition) is 1. The number of benzene rings is 1. The van der Waals surface area contributed by atoms with E-state index in [0.717, 1.165) is 12.1 Å². The Hall–Kier alpha value is -1.42. The van der Waals surface area contributed by atoms with Crippen LogP contribution in [0.4, 0.5) is 5.69 Å². The smallest absolute Gasteiger partial charge is 0.173 e. The van der Waals surface area contributed by atoms with Gasteiger partial charge in [-0.05, 0) is 43.6 Å². The minimum atomic E-state index is -0.163. The maximum Gasteiger partial charge on any atom is 0.173 e. The summed E-state index contributed by atoms with van der Waals surface area (Å²) in [6.07, 6.45) is 0.808. The van der Waals surface area contributed by atoms with Gasteiger partial charge >= 0.3 is 0 Å². The van der Waals surface area contributed by atoms with Gasteiger partial charge in [0, 0.05) is 12.7 Å². The summed E-state index contributed by atoms with van der Waals surface area (Å²) < 4.78 is 0. The first-order valence-corrected chi connectivity index (χ1v) is 6.92. The number of likely N-dealkylation sites (N-methyl/N-ethyl adjacent to an activating group) is 1. The van der Waals surface area contributed by atoms with Crippen LogP contribution in [-0.2, 0) is 4.79 Å². The van der Waals surface area contributed by atoms with Gasteiger partial charge in [0.1, 0.15) is 0 Å². The zero-order chi connectivity index (χ0) is 14.4. The largest absolute Gasteiger partial charge is 0.342 e. The fourth-order valence-corrected chi connectivity index (χ4v) is 2.16. The third kappa shape index (κ3) is 4.99. The topological polar surface area (TPSA) is 32.3 Å². The van der Waals surface area contributed by atoms with Crippen molar-refractivity contribution in [3.05, 3.63) is 30.3 Å². The van der Waals surface area contributed by atoms with Crippen molar-refractivity contribution >= 4 is 28.8 Å². The van der Waals surface area contributed by atoms with E-state index in [1.165, 1.54) is 0 Å². The van der Waals surface area contributed by atoms with E-state index in [-0.39, 0.29) is 11.8 Å². The molecule has 3 nitrogen and oxygen atoms in total. The van der Waals surface area contributed by atoms with Crippen LogP contribution in [-0.4, -0.2) is 28.9 Å². The maximum atomic E-state index is 11.7. The van der Waals surface area contributed by atoms with Crippen molar-refractivity contribution < 1.29 is 4.79 Å². The second-order valence-corrected chi connectivity index (χ2v) is 5.55. The molecule has 0 amide bonds. The molecule has 0 aliphatic carbocycles. The molecule has 1 aromatic carbocycles. The fraction of sp³-hybridized carbons (Fsp3) is 0.467. The minimum absolute atomic E-state index is 0.147. The van der Waals surface area contributed by atoms with Crippen LogP contribution < -0.4 is 5.32 Å². The molecule has 1 N–H and O–H groups in total. The first-order valence-electron chi connectivity index (χ1n) is 6.51. The van der Waals surface area contributed by atoms with Gasteiger partial charge < -0.3 is 10.2 Å². The molecule has 0 saturated carbocycles. The van der Waals surface area contributed by atoms with Crippen molar-refractivity contribution in [2.45, 2.75) is 33.2 Å². The third-order valence-electron chi connectivity index (χ3n) is 2.98. The molecule has 0 radical (unpaired) electrons. The Balaban J connectivity index is 2.71. The highest BCUT2D eigenvalue weighted by Crippen LogP contribution is 2.14. The van der Waals surface area contributed by atoms with Gasteiger partial charge in [-0.3, -0.25) is 4.79 Å². The highest BCUT2D eigenvalue weighted by atomic mass is 32.1. The summed E-state index contributed by atoms with van der Waals surface area (Å²) in [5, 5.41) is 3.73. The standard InChI is InChI=1S/C15H22N2OS/c1-11(2)10-14(12(3)18)17(4)15(19)16-13-8-6-5-7-9-13/h5-9,11,14H,10H2,1-4H3,(H,16,19)/t14-/m1/s1. The lowest BCUT2D eigenvalue weighted by molar-refractivity contribution is -0.121. The molecular weight excluding hydrogens is 256 g/mol. The van der Waals surface area contributed by atoms with Crippen molar-refractivity contribution in [3.8, 4) is 0 Å². The monoisotopic (exact) mass is 278 g/mol. The number of anilines is 1. The molecule has 0 heterocycles. The molecule has 0 aliphatic rings. The van der Waals surface area contributed by atoms with E-state index in [1.807, 2.05) is 42.3 Å². The van der Waals surface area contributed by atoms with Gasteiger partial charge in [-0.2, -0.15) is 0 Å². The Kier molecular flexibility index (Phi) is 5.96. The average molecular weight is 278 g/mol. The predicted octanol–water partition coefficient (Wildman–Crippen LogP) is 3.32. The van der Waals surface area contributed by atoms with Crippen molar-refractivity contribution in [2.75, 3.05) is 12.4 Å². The van der Waals surface area contributed by atoms with Gasteiger partial charge in [0.2, 0.25) is 0 Å². The van der Waals surface area contributed by atoms with E-state index in [2.05, 4.69) is 19.2 Å². The van der Waals surface area contributed by atoms with E-state index in [4.69, 9.17) is 12.2 Å². The van der Waals surface area contributed by atoms with Crippen LogP contribution in [0.1, 0.15) is 27.2 Å². The number of rotatable bonds is 5. The van der Waals surface area contributed by atoms with Gasteiger partial charge in [0.15, 0.2) is 10.9 Å². The average Bonchev–Trinajstić information content (AvgIpc) is 2.35. The molecule has 4 heteroatoms. The number of thiocarbonyl (C=S) groups is 1. The van der Waals surface area contributed by atoms with Crippen LogP contribution >= 0.6 is 12.2 Å². The summed E-state index contributed by atoms with van der Waals surface area (Å²) in [5.41, 5.74) is 0.936. The molecule has 19 heavy (non-hydrogen) atoms. The van der Waals surface area contributed by atoms with Gasteiger partial charge in [-0.1, -0.05) is 32.0 Å². The zero-order valence-electron chi connectivity index (χ0n) is 12.0. The van der Waals surface area contributed by atoms with Gasteiger partial charge in [-0.25, -0.2) is 0 Å². The summed E-state index contributed by atoms with van der Waals surface area (Å²) >= 11 is 5.37. The lowest BCUT2D eigenvalue weighted by Gasteiger charge is -2.30. The molecule has 0 bridgehead atoms. The Morgan fingerprint density at radius 3 is 2.37 bits per heavy atom. The molecule has 1 aromatic rings. The van der Waals surface area contributed by atoms with Gasteiger partial charge in [0.05, 0.1) is 6.04 Å². The van der Waals surface area contributed by atoms with Crippen molar-refractivity contribution in [1.29, 1.82) is 0 Å².